The molecule has 27 heavy (non-hydrogen) atoms. The Labute approximate surface area is 157 Å². The number of nitrogens with zero attached hydrogens (tertiary/aromatic N) is 7. The van der Waals surface area contributed by atoms with Gasteiger partial charge in [0.2, 0.25) is 11.9 Å². The summed E-state index contributed by atoms with van der Waals surface area (Å²) >= 11 is 0. The molecule has 3 aromatic rings. The van der Waals surface area contributed by atoms with Gasteiger partial charge >= 0.3 is 0 Å². The maximum absolute atomic E-state index is 5.17. The van der Waals surface area contributed by atoms with Gasteiger partial charge in [-0.2, -0.15) is 10.1 Å². The van der Waals surface area contributed by atoms with E-state index >= 15 is 0 Å². The van der Waals surface area contributed by atoms with Crippen molar-refractivity contribution in [1.29, 1.82) is 0 Å². The van der Waals surface area contributed by atoms with Crippen molar-refractivity contribution >= 4 is 23.4 Å². The smallest absolute Gasteiger partial charge is 0.247 e. The van der Waals surface area contributed by atoms with Gasteiger partial charge in [-0.15, -0.1) is 5.10 Å². The number of piperazine rings is 1. The number of methoxy groups -OCH3 is 1. The van der Waals surface area contributed by atoms with Crippen molar-refractivity contribution in [3.8, 4) is 5.75 Å². The molecule has 1 saturated heterocycles. The largest absolute Gasteiger partial charge is 0.497 e. The van der Waals surface area contributed by atoms with Gasteiger partial charge in [0.05, 0.1) is 13.3 Å². The molecule has 0 bridgehead atoms. The highest BCUT2D eigenvalue weighted by Gasteiger charge is 2.21. The number of hydrogen-bond acceptors (Lipinski definition) is 9. The van der Waals surface area contributed by atoms with Gasteiger partial charge in [-0.25, -0.2) is 9.97 Å². The Kier molecular flexibility index (Phi) is 4.91. The first-order valence-corrected chi connectivity index (χ1v) is 8.69. The van der Waals surface area contributed by atoms with E-state index in [1.165, 1.54) is 0 Å². The van der Waals surface area contributed by atoms with Gasteiger partial charge in [-0.3, -0.25) is 0 Å². The molecule has 0 amide bonds. The predicted octanol–water partition coefficient (Wildman–Crippen LogP) is 1.74. The van der Waals surface area contributed by atoms with E-state index in [-0.39, 0.29) is 0 Å². The lowest BCUT2D eigenvalue weighted by Crippen LogP contribution is -2.47. The Morgan fingerprint density at radius 3 is 2.26 bits per heavy atom. The van der Waals surface area contributed by atoms with Crippen molar-refractivity contribution in [2.45, 2.75) is 0 Å². The summed E-state index contributed by atoms with van der Waals surface area (Å²) in [6.45, 7) is 3.19. The molecule has 9 heteroatoms. The van der Waals surface area contributed by atoms with Crippen LogP contribution in [0.15, 0.2) is 48.9 Å². The van der Waals surface area contributed by atoms with E-state index in [1.807, 2.05) is 30.3 Å². The first kappa shape index (κ1) is 17.0. The summed E-state index contributed by atoms with van der Waals surface area (Å²) in [6, 6.07) is 9.46. The Morgan fingerprint density at radius 2 is 1.59 bits per heavy atom. The van der Waals surface area contributed by atoms with Gasteiger partial charge < -0.3 is 19.9 Å². The molecule has 1 aliphatic rings. The second kappa shape index (κ2) is 7.81. The number of aromatic nitrogens is 5. The number of nitrogens with one attached hydrogen (secondary N) is 1. The van der Waals surface area contributed by atoms with Crippen LogP contribution in [0.2, 0.25) is 0 Å². The van der Waals surface area contributed by atoms with Crippen LogP contribution in [0.4, 0.5) is 23.4 Å². The molecular formula is C18H20N8O. The van der Waals surface area contributed by atoms with Gasteiger partial charge in [-0.05, 0) is 30.3 Å². The molecule has 9 nitrogen and oxygen atoms in total. The molecule has 1 fully saturated rings. The average molecular weight is 364 g/mol. The normalized spacial score (nSPS) is 14.1. The monoisotopic (exact) mass is 364 g/mol. The van der Waals surface area contributed by atoms with Crippen LogP contribution in [-0.4, -0.2) is 58.4 Å². The van der Waals surface area contributed by atoms with Crippen molar-refractivity contribution in [2.24, 2.45) is 0 Å². The number of anilines is 4. The van der Waals surface area contributed by atoms with Gasteiger partial charge in [0.25, 0.3) is 0 Å². The Bertz CT molecular complexity index is 866. The lowest BCUT2D eigenvalue weighted by molar-refractivity contribution is 0.415. The molecule has 0 aliphatic carbocycles. The molecule has 3 heterocycles. The average Bonchev–Trinajstić information content (AvgIpc) is 2.75. The summed E-state index contributed by atoms with van der Waals surface area (Å²) in [5.74, 6) is 2.83. The first-order valence-electron chi connectivity index (χ1n) is 8.69. The third kappa shape index (κ3) is 4.02. The summed E-state index contributed by atoms with van der Waals surface area (Å²) in [7, 11) is 1.65. The van der Waals surface area contributed by atoms with Crippen LogP contribution >= 0.6 is 0 Å². The minimum Gasteiger partial charge on any atom is -0.497 e. The zero-order valence-electron chi connectivity index (χ0n) is 15.0. The van der Waals surface area contributed by atoms with E-state index in [0.717, 1.165) is 43.6 Å². The summed E-state index contributed by atoms with van der Waals surface area (Å²) in [5.41, 5.74) is 0.910. The van der Waals surface area contributed by atoms with Crippen molar-refractivity contribution in [3.63, 3.8) is 0 Å². The highest BCUT2D eigenvalue weighted by molar-refractivity contribution is 5.57. The molecule has 1 aromatic carbocycles. The topological polar surface area (TPSA) is 92.2 Å². The standard InChI is InChI=1S/C18H20N8O/c1-27-15-5-3-14(4-6-15)22-16-13-21-24-18(23-16)26-11-9-25(10-12-26)17-19-7-2-8-20-17/h2-8,13H,9-12H2,1H3,(H,22,23,24). The van der Waals surface area contributed by atoms with E-state index in [1.54, 1.807) is 25.7 Å². The maximum atomic E-state index is 5.17. The van der Waals surface area contributed by atoms with Crippen LogP contribution in [0.25, 0.3) is 0 Å². The molecule has 0 spiro atoms. The van der Waals surface area contributed by atoms with E-state index in [0.29, 0.717) is 11.8 Å². The zero-order valence-corrected chi connectivity index (χ0v) is 15.0. The minimum atomic E-state index is 0.613. The Morgan fingerprint density at radius 1 is 0.926 bits per heavy atom. The third-order valence-electron chi connectivity index (χ3n) is 4.31. The quantitative estimate of drug-likeness (QED) is 0.726. The number of rotatable bonds is 5. The molecule has 138 valence electrons. The molecule has 0 radical (unpaired) electrons. The van der Waals surface area contributed by atoms with Gasteiger partial charge in [0.1, 0.15) is 5.75 Å². The fourth-order valence-corrected chi connectivity index (χ4v) is 2.87. The fourth-order valence-electron chi connectivity index (χ4n) is 2.87. The Hall–Kier alpha value is -3.49. The minimum absolute atomic E-state index is 0.613. The highest BCUT2D eigenvalue weighted by atomic mass is 16.5. The first-order chi connectivity index (χ1) is 13.3. The SMILES string of the molecule is COc1ccc(Nc2cnnc(N3CCN(c4ncccn4)CC3)n2)cc1. The van der Waals surface area contributed by atoms with Crippen molar-refractivity contribution < 1.29 is 4.74 Å². The van der Waals surface area contributed by atoms with E-state index in [4.69, 9.17) is 4.74 Å². The van der Waals surface area contributed by atoms with Crippen molar-refractivity contribution in [3.05, 3.63) is 48.9 Å². The number of benzene rings is 1. The molecule has 0 unspecified atom stereocenters. The Balaban J connectivity index is 1.40. The van der Waals surface area contributed by atoms with E-state index in [9.17, 15) is 0 Å². The van der Waals surface area contributed by atoms with E-state index in [2.05, 4.69) is 40.3 Å². The van der Waals surface area contributed by atoms with Gasteiger partial charge in [-0.1, -0.05) is 0 Å². The lowest BCUT2D eigenvalue weighted by Gasteiger charge is -2.34. The fraction of sp³-hybridized carbons (Fsp3) is 0.278. The van der Waals surface area contributed by atoms with Crippen LogP contribution in [0.1, 0.15) is 0 Å². The van der Waals surface area contributed by atoms with E-state index < -0.39 is 0 Å². The second-order valence-corrected chi connectivity index (χ2v) is 6.02. The van der Waals surface area contributed by atoms with Crippen molar-refractivity contribution in [1.82, 2.24) is 25.1 Å². The molecular weight excluding hydrogens is 344 g/mol. The zero-order chi connectivity index (χ0) is 18.5. The molecule has 4 rings (SSSR count). The summed E-state index contributed by atoms with van der Waals surface area (Å²) in [6.07, 6.45) is 5.13. The molecule has 1 N–H and O–H groups in total. The molecule has 0 atom stereocenters. The van der Waals surface area contributed by atoms with Gasteiger partial charge in [0.15, 0.2) is 5.82 Å². The predicted molar refractivity (Wildman–Crippen MR) is 103 cm³/mol. The molecule has 0 saturated carbocycles. The van der Waals surface area contributed by atoms with Crippen molar-refractivity contribution in [2.75, 3.05) is 48.4 Å². The lowest BCUT2D eigenvalue weighted by atomic mass is 10.3. The van der Waals surface area contributed by atoms with Crippen LogP contribution in [-0.2, 0) is 0 Å². The van der Waals surface area contributed by atoms with Crippen LogP contribution < -0.4 is 19.9 Å². The van der Waals surface area contributed by atoms with Crippen LogP contribution in [0, 0.1) is 0 Å². The molecule has 2 aromatic heterocycles. The van der Waals surface area contributed by atoms with Gasteiger partial charge in [0, 0.05) is 44.3 Å². The van der Waals surface area contributed by atoms with Crippen LogP contribution in [0.3, 0.4) is 0 Å². The summed E-state index contributed by atoms with van der Waals surface area (Å²) < 4.78 is 5.17. The molecule has 1 aliphatic heterocycles. The summed E-state index contributed by atoms with van der Waals surface area (Å²) in [4.78, 5) is 17.5. The third-order valence-corrected chi connectivity index (χ3v) is 4.31. The van der Waals surface area contributed by atoms with Crippen LogP contribution in [0.5, 0.6) is 5.75 Å². The second-order valence-electron chi connectivity index (χ2n) is 6.02. The summed E-state index contributed by atoms with van der Waals surface area (Å²) in [5, 5.41) is 11.5. The number of hydrogen-bond donors (Lipinski definition) is 1. The number of ether oxygens (including phenoxy) is 1. The highest BCUT2D eigenvalue weighted by Crippen LogP contribution is 2.20. The maximum Gasteiger partial charge on any atom is 0.247 e.